The van der Waals surface area contributed by atoms with E-state index in [4.69, 9.17) is 0 Å². The molecule has 0 spiro atoms. The Morgan fingerprint density at radius 3 is 3.00 bits per heavy atom. The molecule has 2 heterocycles. The number of anilines is 1. The van der Waals surface area contributed by atoms with Gasteiger partial charge in [-0.2, -0.15) is 5.10 Å². The molecule has 0 atom stereocenters. The first-order chi connectivity index (χ1) is 10.2. The van der Waals surface area contributed by atoms with Crippen LogP contribution in [0.4, 0.5) is 5.69 Å². The molecule has 2 N–H and O–H groups in total. The largest absolute Gasteiger partial charge is 0.321 e. The smallest absolute Gasteiger partial charge is 0.257 e. The maximum Gasteiger partial charge on any atom is 0.257 e. The lowest BCUT2D eigenvalue weighted by atomic mass is 10.1. The molecule has 0 saturated carbocycles. The molecule has 106 valence electrons. The fourth-order valence-electron chi connectivity index (χ4n) is 2.21. The lowest BCUT2D eigenvalue weighted by Crippen LogP contribution is -2.19. The number of carbonyl (C=O) groups is 1. The number of aryl methyl sites for hydroxylation is 1. The van der Waals surface area contributed by atoms with Crippen LogP contribution >= 0.6 is 0 Å². The summed E-state index contributed by atoms with van der Waals surface area (Å²) in [5, 5.41) is 10.4. The number of amides is 1. The van der Waals surface area contributed by atoms with Gasteiger partial charge in [-0.15, -0.1) is 0 Å². The Bertz CT molecular complexity index is 863. The van der Waals surface area contributed by atoms with Gasteiger partial charge in [-0.1, -0.05) is 12.1 Å². The first-order valence-corrected chi connectivity index (χ1v) is 6.63. The fourth-order valence-corrected chi connectivity index (χ4v) is 2.21. The number of hydrogen-bond acceptors (Lipinski definition) is 3. The Kier molecular flexibility index (Phi) is 3.27. The van der Waals surface area contributed by atoms with Gasteiger partial charge in [-0.05, 0) is 19.1 Å². The Morgan fingerprint density at radius 2 is 2.19 bits per heavy atom. The van der Waals surface area contributed by atoms with Gasteiger partial charge >= 0.3 is 0 Å². The van der Waals surface area contributed by atoms with E-state index >= 15 is 0 Å². The van der Waals surface area contributed by atoms with Crippen LogP contribution in [0.3, 0.4) is 0 Å². The summed E-state index contributed by atoms with van der Waals surface area (Å²) in [5.74, 6) is -0.244. The van der Waals surface area contributed by atoms with Gasteiger partial charge in [0.1, 0.15) is 0 Å². The van der Waals surface area contributed by atoms with Crippen molar-refractivity contribution in [2.75, 3.05) is 5.32 Å². The van der Waals surface area contributed by atoms with Crippen molar-refractivity contribution in [3.05, 3.63) is 58.6 Å². The fraction of sp³-hybridized carbons (Fsp3) is 0.133. The van der Waals surface area contributed by atoms with Gasteiger partial charge in [0, 0.05) is 24.2 Å². The Hall–Kier alpha value is -2.89. The quantitative estimate of drug-likeness (QED) is 0.771. The van der Waals surface area contributed by atoms with Crippen LogP contribution in [0.1, 0.15) is 17.3 Å². The number of hydrogen-bond donors (Lipinski definition) is 2. The van der Waals surface area contributed by atoms with Crippen LogP contribution in [0, 0.1) is 0 Å². The maximum absolute atomic E-state index is 12.4. The van der Waals surface area contributed by atoms with Gasteiger partial charge in [0.25, 0.3) is 11.5 Å². The molecule has 3 aromatic rings. The van der Waals surface area contributed by atoms with Crippen molar-refractivity contribution in [2.24, 2.45) is 0 Å². The van der Waals surface area contributed by atoms with Gasteiger partial charge in [0.2, 0.25) is 0 Å². The van der Waals surface area contributed by atoms with Crippen LogP contribution in [0.5, 0.6) is 0 Å². The third kappa shape index (κ3) is 2.43. The second-order valence-corrected chi connectivity index (χ2v) is 4.64. The highest BCUT2D eigenvalue weighted by Gasteiger charge is 2.11. The van der Waals surface area contributed by atoms with E-state index in [1.165, 1.54) is 10.6 Å². The number of fused-ring (bicyclic) bond motifs is 1. The average Bonchev–Trinajstić information content (AvgIpc) is 2.97. The number of aromatic nitrogens is 3. The van der Waals surface area contributed by atoms with Crippen molar-refractivity contribution in [3.8, 4) is 0 Å². The molecule has 0 saturated heterocycles. The second-order valence-electron chi connectivity index (χ2n) is 4.64. The van der Waals surface area contributed by atoms with Gasteiger partial charge in [0.15, 0.2) is 0 Å². The minimum absolute atomic E-state index is 0.0915. The van der Waals surface area contributed by atoms with Crippen LogP contribution < -0.4 is 10.9 Å². The zero-order valence-electron chi connectivity index (χ0n) is 11.5. The van der Waals surface area contributed by atoms with Crippen molar-refractivity contribution in [1.82, 2.24) is 14.8 Å². The molecule has 0 radical (unpaired) electrons. The molecule has 1 amide bonds. The molecular formula is C15H14N4O2. The molecule has 0 aliphatic rings. The van der Waals surface area contributed by atoms with Crippen molar-refractivity contribution in [2.45, 2.75) is 13.5 Å². The van der Waals surface area contributed by atoms with Gasteiger partial charge < -0.3 is 9.88 Å². The van der Waals surface area contributed by atoms with Crippen molar-refractivity contribution < 1.29 is 4.79 Å². The molecule has 2 aromatic heterocycles. The third-order valence-electron chi connectivity index (χ3n) is 3.30. The van der Waals surface area contributed by atoms with Gasteiger partial charge in [-0.25, -0.2) is 0 Å². The monoisotopic (exact) mass is 282 g/mol. The summed E-state index contributed by atoms with van der Waals surface area (Å²) < 4.78 is 1.53. The van der Waals surface area contributed by atoms with E-state index in [2.05, 4.69) is 15.5 Å². The van der Waals surface area contributed by atoms with E-state index in [-0.39, 0.29) is 11.5 Å². The lowest BCUT2D eigenvalue weighted by Gasteiger charge is -2.08. The molecule has 0 unspecified atom stereocenters. The maximum atomic E-state index is 12.4. The van der Waals surface area contributed by atoms with Crippen LogP contribution in [0.2, 0.25) is 0 Å². The minimum atomic E-state index is -0.244. The zero-order chi connectivity index (χ0) is 14.8. The van der Waals surface area contributed by atoms with Crippen LogP contribution in [0.15, 0.2) is 47.5 Å². The molecule has 6 nitrogen and oxygen atoms in total. The van der Waals surface area contributed by atoms with Gasteiger partial charge in [-0.3, -0.25) is 14.7 Å². The Morgan fingerprint density at radius 1 is 1.33 bits per heavy atom. The molecule has 0 aliphatic heterocycles. The van der Waals surface area contributed by atoms with Crippen LogP contribution in [-0.4, -0.2) is 20.7 Å². The summed E-state index contributed by atoms with van der Waals surface area (Å²) in [6, 6.07) is 8.45. The number of carbonyl (C=O) groups excluding carboxylic acids is 1. The summed E-state index contributed by atoms with van der Waals surface area (Å²) in [6.07, 6.45) is 3.30. The second kappa shape index (κ2) is 5.24. The number of para-hydroxylation sites is 1. The van der Waals surface area contributed by atoms with E-state index in [1.54, 1.807) is 30.6 Å². The van der Waals surface area contributed by atoms with E-state index in [0.717, 1.165) is 5.39 Å². The molecule has 6 heteroatoms. The molecule has 0 fully saturated rings. The van der Waals surface area contributed by atoms with Gasteiger partial charge in [0.05, 0.1) is 23.0 Å². The highest BCUT2D eigenvalue weighted by molar-refractivity contribution is 6.11. The van der Waals surface area contributed by atoms with Crippen LogP contribution in [-0.2, 0) is 6.54 Å². The number of nitrogens with zero attached hydrogens (tertiary/aromatic N) is 2. The van der Waals surface area contributed by atoms with E-state index in [0.29, 0.717) is 23.3 Å². The Labute approximate surface area is 120 Å². The highest BCUT2D eigenvalue weighted by Crippen LogP contribution is 2.17. The topological polar surface area (TPSA) is 79.8 Å². The SMILES string of the molecule is CCn1cc(NC(=O)c2cccc3cn[nH]c23)ccc1=O. The lowest BCUT2D eigenvalue weighted by molar-refractivity contribution is 0.102. The summed E-state index contributed by atoms with van der Waals surface area (Å²) in [5.41, 5.74) is 1.70. The standard InChI is InChI=1S/C15H14N4O2/c1-2-19-9-11(6-7-13(19)20)17-15(21)12-5-3-4-10-8-16-18-14(10)12/h3-9H,2H2,1H3,(H,16,18)(H,17,21). The number of H-pyrrole nitrogens is 1. The zero-order valence-corrected chi connectivity index (χ0v) is 11.5. The normalized spacial score (nSPS) is 10.7. The summed E-state index contributed by atoms with van der Waals surface area (Å²) in [6.45, 7) is 2.43. The minimum Gasteiger partial charge on any atom is -0.321 e. The first-order valence-electron chi connectivity index (χ1n) is 6.63. The molecule has 3 rings (SSSR count). The molecule has 21 heavy (non-hydrogen) atoms. The number of benzene rings is 1. The van der Waals surface area contributed by atoms with Crippen LogP contribution in [0.25, 0.3) is 10.9 Å². The van der Waals surface area contributed by atoms with Crippen molar-refractivity contribution in [1.29, 1.82) is 0 Å². The summed E-state index contributed by atoms with van der Waals surface area (Å²) in [7, 11) is 0. The number of nitrogens with one attached hydrogen (secondary N) is 2. The van der Waals surface area contributed by atoms with Crippen molar-refractivity contribution in [3.63, 3.8) is 0 Å². The summed E-state index contributed by atoms with van der Waals surface area (Å²) >= 11 is 0. The summed E-state index contributed by atoms with van der Waals surface area (Å²) in [4.78, 5) is 23.9. The van der Waals surface area contributed by atoms with E-state index in [9.17, 15) is 9.59 Å². The molecule has 1 aromatic carbocycles. The van der Waals surface area contributed by atoms with E-state index < -0.39 is 0 Å². The predicted octanol–water partition coefficient (Wildman–Crippen LogP) is 2.00. The number of rotatable bonds is 3. The highest BCUT2D eigenvalue weighted by atomic mass is 16.1. The molecule has 0 aliphatic carbocycles. The number of pyridine rings is 1. The Balaban J connectivity index is 1.93. The predicted molar refractivity (Wildman–Crippen MR) is 80.4 cm³/mol. The first kappa shape index (κ1) is 13.1. The number of aromatic amines is 1. The van der Waals surface area contributed by atoms with E-state index in [1.807, 2.05) is 13.0 Å². The molecule has 0 bridgehead atoms. The van der Waals surface area contributed by atoms with Crippen molar-refractivity contribution >= 4 is 22.5 Å². The molecular weight excluding hydrogens is 268 g/mol. The average molecular weight is 282 g/mol. The third-order valence-corrected chi connectivity index (χ3v) is 3.30.